The molecule has 0 aliphatic rings. The SMILES string of the molecule is Cn1ccc(NS(=O)(=O)c2ccc(NN)cc2[N+](=O)[O-])n1. The van der Waals surface area contributed by atoms with Crippen molar-refractivity contribution in [1.82, 2.24) is 9.78 Å². The van der Waals surface area contributed by atoms with E-state index in [0.717, 1.165) is 12.1 Å². The largest absolute Gasteiger partial charge is 0.324 e. The number of hydrogen-bond acceptors (Lipinski definition) is 7. The molecule has 2 rings (SSSR count). The molecule has 0 aliphatic heterocycles. The van der Waals surface area contributed by atoms with Crippen molar-refractivity contribution in [3.8, 4) is 0 Å². The van der Waals surface area contributed by atoms with E-state index in [-0.39, 0.29) is 11.5 Å². The Morgan fingerprint density at radius 2 is 2.10 bits per heavy atom. The number of nitro groups is 1. The van der Waals surface area contributed by atoms with Gasteiger partial charge >= 0.3 is 0 Å². The van der Waals surface area contributed by atoms with Gasteiger partial charge in [-0.2, -0.15) is 5.10 Å². The molecule has 0 spiro atoms. The van der Waals surface area contributed by atoms with Gasteiger partial charge in [0.1, 0.15) is 0 Å². The molecule has 112 valence electrons. The molecule has 0 radical (unpaired) electrons. The molecule has 0 aliphatic carbocycles. The standard InChI is InChI=1S/C10H12N6O4S/c1-15-5-4-10(13-15)14-21(19,20)9-3-2-7(12-11)6-8(9)16(17)18/h2-6,12H,11H2,1H3,(H,13,14). The highest BCUT2D eigenvalue weighted by molar-refractivity contribution is 7.92. The van der Waals surface area contributed by atoms with Crippen LogP contribution in [0.3, 0.4) is 0 Å². The first-order valence-corrected chi connectivity index (χ1v) is 7.09. The highest BCUT2D eigenvalue weighted by Gasteiger charge is 2.26. The van der Waals surface area contributed by atoms with Gasteiger partial charge in [-0.15, -0.1) is 0 Å². The Hall–Kier alpha value is -2.66. The van der Waals surface area contributed by atoms with Crippen LogP contribution in [-0.4, -0.2) is 23.1 Å². The van der Waals surface area contributed by atoms with Crippen molar-refractivity contribution in [2.75, 3.05) is 10.1 Å². The number of anilines is 2. The third kappa shape index (κ3) is 3.09. The first-order chi connectivity index (χ1) is 9.83. The molecule has 0 bridgehead atoms. The van der Waals surface area contributed by atoms with Crippen molar-refractivity contribution < 1.29 is 13.3 Å². The lowest BCUT2D eigenvalue weighted by atomic mass is 10.3. The van der Waals surface area contributed by atoms with E-state index in [2.05, 4.69) is 15.2 Å². The van der Waals surface area contributed by atoms with Crippen LogP contribution in [0.1, 0.15) is 0 Å². The van der Waals surface area contributed by atoms with Gasteiger partial charge in [-0.3, -0.25) is 25.4 Å². The minimum absolute atomic E-state index is 0.0628. The van der Waals surface area contributed by atoms with Crippen LogP contribution < -0.4 is 16.0 Å². The van der Waals surface area contributed by atoms with Gasteiger partial charge in [-0.1, -0.05) is 0 Å². The summed E-state index contributed by atoms with van der Waals surface area (Å²) in [6.45, 7) is 0. The Balaban J connectivity index is 2.46. The van der Waals surface area contributed by atoms with Crippen molar-refractivity contribution in [1.29, 1.82) is 0 Å². The molecular formula is C10H12N6O4S. The Kier molecular flexibility index (Phi) is 3.78. The third-order valence-electron chi connectivity index (χ3n) is 2.56. The number of rotatable bonds is 5. The minimum atomic E-state index is -4.14. The van der Waals surface area contributed by atoms with E-state index in [0.29, 0.717) is 0 Å². The molecule has 0 atom stereocenters. The lowest BCUT2D eigenvalue weighted by Crippen LogP contribution is -2.16. The van der Waals surface area contributed by atoms with Gasteiger partial charge in [0.2, 0.25) is 0 Å². The van der Waals surface area contributed by atoms with Gasteiger partial charge in [0.05, 0.1) is 10.6 Å². The number of nitro benzene ring substituents is 1. The van der Waals surface area contributed by atoms with Gasteiger partial charge < -0.3 is 5.43 Å². The monoisotopic (exact) mass is 312 g/mol. The van der Waals surface area contributed by atoms with Gasteiger partial charge in [0, 0.05) is 25.4 Å². The van der Waals surface area contributed by atoms with Crippen molar-refractivity contribution >= 4 is 27.2 Å². The summed E-state index contributed by atoms with van der Waals surface area (Å²) in [4.78, 5) is 9.75. The maximum absolute atomic E-state index is 12.2. The fraction of sp³-hybridized carbons (Fsp3) is 0.100. The number of sulfonamides is 1. The maximum Gasteiger partial charge on any atom is 0.291 e. The number of nitrogens with two attached hydrogens (primary N) is 1. The molecule has 21 heavy (non-hydrogen) atoms. The number of nitrogen functional groups attached to an aromatic ring is 1. The van der Waals surface area contributed by atoms with Crippen molar-refractivity contribution in [2.45, 2.75) is 4.90 Å². The smallest absolute Gasteiger partial charge is 0.291 e. The maximum atomic E-state index is 12.2. The van der Waals surface area contributed by atoms with Crippen molar-refractivity contribution in [2.24, 2.45) is 12.9 Å². The average molecular weight is 312 g/mol. The highest BCUT2D eigenvalue weighted by atomic mass is 32.2. The van der Waals surface area contributed by atoms with Crippen molar-refractivity contribution in [3.05, 3.63) is 40.6 Å². The molecule has 0 unspecified atom stereocenters. The summed E-state index contributed by atoms with van der Waals surface area (Å²) in [6.07, 6.45) is 1.54. The van der Waals surface area contributed by atoms with E-state index in [4.69, 9.17) is 5.84 Å². The van der Waals surface area contributed by atoms with Crippen molar-refractivity contribution in [3.63, 3.8) is 0 Å². The Labute approximate surface area is 119 Å². The highest BCUT2D eigenvalue weighted by Crippen LogP contribution is 2.28. The lowest BCUT2D eigenvalue weighted by molar-refractivity contribution is -0.387. The predicted octanol–water partition coefficient (Wildman–Crippen LogP) is 0.415. The second kappa shape index (κ2) is 5.38. The Morgan fingerprint density at radius 1 is 1.38 bits per heavy atom. The molecule has 1 aromatic carbocycles. The molecule has 11 heteroatoms. The van der Waals surface area contributed by atoms with Crippen LogP contribution in [0.25, 0.3) is 0 Å². The number of aromatic nitrogens is 2. The first kappa shape index (κ1) is 14.7. The zero-order valence-corrected chi connectivity index (χ0v) is 11.7. The fourth-order valence-corrected chi connectivity index (χ4v) is 2.79. The van der Waals surface area contributed by atoms with E-state index in [1.54, 1.807) is 7.05 Å². The average Bonchev–Trinajstić information content (AvgIpc) is 2.82. The quantitative estimate of drug-likeness (QED) is 0.412. The van der Waals surface area contributed by atoms with Gasteiger partial charge in [-0.05, 0) is 12.1 Å². The Morgan fingerprint density at radius 3 is 2.62 bits per heavy atom. The molecule has 0 fully saturated rings. The zero-order chi connectivity index (χ0) is 15.6. The number of aryl methyl sites for hydroxylation is 1. The topological polar surface area (TPSA) is 145 Å². The van der Waals surface area contributed by atoms with Crippen LogP contribution in [0.15, 0.2) is 35.4 Å². The summed E-state index contributed by atoms with van der Waals surface area (Å²) in [5, 5.41) is 14.9. The normalized spacial score (nSPS) is 11.1. The number of nitrogens with one attached hydrogen (secondary N) is 2. The van der Waals surface area contributed by atoms with E-state index in [9.17, 15) is 18.5 Å². The summed E-state index contributed by atoms with van der Waals surface area (Å²) in [7, 11) is -2.52. The number of nitrogens with zero attached hydrogens (tertiary/aromatic N) is 3. The molecule has 0 amide bonds. The van der Waals surface area contributed by atoms with E-state index < -0.39 is 25.5 Å². The molecule has 0 saturated carbocycles. The predicted molar refractivity (Wildman–Crippen MR) is 74.9 cm³/mol. The van der Waals surface area contributed by atoms with E-state index in [1.165, 1.54) is 23.0 Å². The van der Waals surface area contributed by atoms with E-state index >= 15 is 0 Å². The Bertz CT molecular complexity index is 785. The van der Waals surface area contributed by atoms with Crippen LogP contribution in [-0.2, 0) is 17.1 Å². The van der Waals surface area contributed by atoms with Gasteiger partial charge in [-0.25, -0.2) is 8.42 Å². The van der Waals surface area contributed by atoms with Crippen LogP contribution in [0.4, 0.5) is 17.2 Å². The molecule has 10 nitrogen and oxygen atoms in total. The summed E-state index contributed by atoms with van der Waals surface area (Å²) in [5.41, 5.74) is 1.85. The molecular weight excluding hydrogens is 300 g/mol. The molecule has 1 aromatic heterocycles. The second-order valence-corrected chi connectivity index (χ2v) is 5.71. The molecule has 2 aromatic rings. The lowest BCUT2D eigenvalue weighted by Gasteiger charge is -2.07. The first-order valence-electron chi connectivity index (χ1n) is 5.61. The number of benzene rings is 1. The minimum Gasteiger partial charge on any atom is -0.324 e. The summed E-state index contributed by atoms with van der Waals surface area (Å²) in [6, 6.07) is 4.88. The van der Waals surface area contributed by atoms with Gasteiger partial charge in [0.25, 0.3) is 15.7 Å². The zero-order valence-electron chi connectivity index (χ0n) is 10.8. The summed E-state index contributed by atoms with van der Waals surface area (Å²) < 4.78 is 28.0. The molecule has 0 saturated heterocycles. The van der Waals surface area contributed by atoms with Crippen LogP contribution in [0.5, 0.6) is 0 Å². The molecule has 1 heterocycles. The number of hydrazine groups is 1. The fourth-order valence-electron chi connectivity index (χ4n) is 1.64. The number of hydrogen-bond donors (Lipinski definition) is 3. The van der Waals surface area contributed by atoms with Crippen LogP contribution in [0, 0.1) is 10.1 Å². The van der Waals surface area contributed by atoms with Crippen LogP contribution in [0.2, 0.25) is 0 Å². The summed E-state index contributed by atoms with van der Waals surface area (Å²) in [5.74, 6) is 5.22. The van der Waals surface area contributed by atoms with Crippen LogP contribution >= 0.6 is 0 Å². The van der Waals surface area contributed by atoms with E-state index in [1.807, 2.05) is 0 Å². The third-order valence-corrected chi connectivity index (χ3v) is 3.97. The van der Waals surface area contributed by atoms with Gasteiger partial charge in [0.15, 0.2) is 10.7 Å². The second-order valence-electron chi connectivity index (χ2n) is 4.06. The molecule has 4 N–H and O–H groups in total. The summed E-state index contributed by atoms with van der Waals surface area (Å²) >= 11 is 0.